The van der Waals surface area contributed by atoms with E-state index in [1.807, 2.05) is 19.9 Å². The van der Waals surface area contributed by atoms with Gasteiger partial charge in [0.15, 0.2) is 0 Å². The van der Waals surface area contributed by atoms with Crippen LogP contribution in [0.25, 0.3) is 0 Å². The molecule has 4 heteroatoms. The number of rotatable bonds is 4. The van der Waals surface area contributed by atoms with E-state index in [2.05, 4.69) is 6.07 Å². The molecular weight excluding hydrogens is 228 g/mol. The lowest BCUT2D eigenvalue weighted by Crippen LogP contribution is -2.42. The molecule has 0 saturated heterocycles. The molecule has 0 atom stereocenters. The van der Waals surface area contributed by atoms with Crippen molar-refractivity contribution in [1.29, 1.82) is 5.26 Å². The van der Waals surface area contributed by atoms with E-state index >= 15 is 0 Å². The van der Waals surface area contributed by atoms with Crippen LogP contribution in [-0.2, 0) is 10.2 Å². The first-order valence-corrected chi connectivity index (χ1v) is 5.80. The summed E-state index contributed by atoms with van der Waals surface area (Å²) in [5, 5.41) is 17.7. The van der Waals surface area contributed by atoms with Crippen LogP contribution in [0.2, 0.25) is 0 Å². The van der Waals surface area contributed by atoms with Crippen LogP contribution < -0.4 is 0 Å². The molecule has 0 unspecified atom stereocenters. The van der Waals surface area contributed by atoms with Crippen molar-refractivity contribution in [1.82, 2.24) is 4.90 Å². The predicted molar refractivity (Wildman–Crippen MR) is 68.9 cm³/mol. The minimum atomic E-state index is -0.712. The summed E-state index contributed by atoms with van der Waals surface area (Å²) in [4.78, 5) is 13.8. The number of benzene rings is 1. The van der Waals surface area contributed by atoms with Crippen molar-refractivity contribution >= 4 is 5.91 Å². The van der Waals surface area contributed by atoms with Gasteiger partial charge in [0.25, 0.3) is 0 Å². The van der Waals surface area contributed by atoms with Crippen LogP contribution in [-0.4, -0.2) is 36.1 Å². The van der Waals surface area contributed by atoms with Gasteiger partial charge in [0.1, 0.15) is 0 Å². The van der Waals surface area contributed by atoms with Crippen LogP contribution in [0.4, 0.5) is 0 Å². The van der Waals surface area contributed by atoms with Gasteiger partial charge in [0.2, 0.25) is 5.91 Å². The quantitative estimate of drug-likeness (QED) is 0.870. The van der Waals surface area contributed by atoms with Crippen molar-refractivity contribution in [3.63, 3.8) is 0 Å². The smallest absolute Gasteiger partial charge is 0.232 e. The lowest BCUT2D eigenvalue weighted by Gasteiger charge is -2.29. The monoisotopic (exact) mass is 246 g/mol. The standard InChI is InChI=1S/C14H18N2O2/c1-14(2,13(18)16(3)7-8-17)12-6-4-5-11(9-12)10-15/h4-6,9,17H,7-8H2,1-3H3. The SMILES string of the molecule is CN(CCO)C(=O)C(C)(C)c1cccc(C#N)c1. The Balaban J connectivity index is 3.05. The molecule has 1 amide bonds. The second-order valence-corrected chi connectivity index (χ2v) is 4.77. The molecule has 0 aliphatic heterocycles. The lowest BCUT2D eigenvalue weighted by atomic mass is 9.82. The molecule has 0 bridgehead atoms. The number of hydrogen-bond acceptors (Lipinski definition) is 3. The zero-order valence-electron chi connectivity index (χ0n) is 11.0. The van der Waals surface area contributed by atoms with E-state index < -0.39 is 5.41 Å². The fraction of sp³-hybridized carbons (Fsp3) is 0.429. The Morgan fingerprint density at radius 1 is 1.50 bits per heavy atom. The summed E-state index contributed by atoms with van der Waals surface area (Å²) in [5.74, 6) is -0.0772. The van der Waals surface area contributed by atoms with E-state index in [1.54, 1.807) is 25.2 Å². The highest BCUT2D eigenvalue weighted by molar-refractivity contribution is 5.87. The number of aliphatic hydroxyl groups is 1. The zero-order chi connectivity index (χ0) is 13.8. The number of nitrogens with zero attached hydrogens (tertiary/aromatic N) is 2. The minimum absolute atomic E-state index is 0.0590. The third-order valence-electron chi connectivity index (χ3n) is 3.03. The van der Waals surface area contributed by atoms with Crippen molar-refractivity contribution in [2.75, 3.05) is 20.2 Å². The van der Waals surface area contributed by atoms with Crippen LogP contribution >= 0.6 is 0 Å². The second-order valence-electron chi connectivity index (χ2n) is 4.77. The first kappa shape index (κ1) is 14.2. The molecule has 1 aromatic rings. The molecule has 1 N–H and O–H groups in total. The van der Waals surface area contributed by atoms with Gasteiger partial charge in [-0.3, -0.25) is 4.79 Å². The van der Waals surface area contributed by atoms with Gasteiger partial charge in [-0.2, -0.15) is 5.26 Å². The van der Waals surface area contributed by atoms with Crippen LogP contribution in [0.1, 0.15) is 25.0 Å². The summed E-state index contributed by atoms with van der Waals surface area (Å²) >= 11 is 0. The average molecular weight is 246 g/mol. The Morgan fingerprint density at radius 2 is 2.17 bits per heavy atom. The Kier molecular flexibility index (Phi) is 4.46. The number of nitriles is 1. The Bertz CT molecular complexity index is 475. The number of aliphatic hydroxyl groups excluding tert-OH is 1. The molecule has 0 saturated carbocycles. The largest absolute Gasteiger partial charge is 0.395 e. The summed E-state index contributed by atoms with van der Waals surface area (Å²) in [6.07, 6.45) is 0. The summed E-state index contributed by atoms with van der Waals surface area (Å²) in [7, 11) is 1.66. The minimum Gasteiger partial charge on any atom is -0.395 e. The van der Waals surface area contributed by atoms with Crippen molar-refractivity contribution in [3.05, 3.63) is 35.4 Å². The van der Waals surface area contributed by atoms with Crippen LogP contribution in [0, 0.1) is 11.3 Å². The maximum Gasteiger partial charge on any atom is 0.232 e. The summed E-state index contributed by atoms with van der Waals surface area (Å²) in [6, 6.07) is 9.12. The first-order valence-electron chi connectivity index (χ1n) is 5.80. The van der Waals surface area contributed by atoms with Crippen LogP contribution in [0.15, 0.2) is 24.3 Å². The van der Waals surface area contributed by atoms with E-state index in [9.17, 15) is 4.79 Å². The molecule has 0 fully saturated rings. The molecule has 0 aromatic heterocycles. The van der Waals surface area contributed by atoms with Crippen molar-refractivity contribution in [2.24, 2.45) is 0 Å². The highest BCUT2D eigenvalue weighted by Crippen LogP contribution is 2.26. The third-order valence-corrected chi connectivity index (χ3v) is 3.03. The highest BCUT2D eigenvalue weighted by Gasteiger charge is 2.32. The molecule has 0 heterocycles. The maximum absolute atomic E-state index is 12.3. The predicted octanol–water partition coefficient (Wildman–Crippen LogP) is 1.29. The Morgan fingerprint density at radius 3 is 2.72 bits per heavy atom. The van der Waals surface area contributed by atoms with Crippen LogP contribution in [0.3, 0.4) is 0 Å². The van der Waals surface area contributed by atoms with E-state index in [4.69, 9.17) is 10.4 Å². The van der Waals surface area contributed by atoms with Gasteiger partial charge in [0, 0.05) is 13.6 Å². The molecule has 4 nitrogen and oxygen atoms in total. The van der Waals surface area contributed by atoms with E-state index in [-0.39, 0.29) is 12.5 Å². The molecule has 1 aromatic carbocycles. The van der Waals surface area contributed by atoms with Gasteiger partial charge in [-0.05, 0) is 31.5 Å². The van der Waals surface area contributed by atoms with Gasteiger partial charge >= 0.3 is 0 Å². The molecular formula is C14H18N2O2. The third kappa shape index (κ3) is 2.88. The molecule has 0 spiro atoms. The van der Waals surface area contributed by atoms with Gasteiger partial charge in [-0.25, -0.2) is 0 Å². The van der Waals surface area contributed by atoms with Gasteiger partial charge in [0.05, 0.1) is 23.7 Å². The van der Waals surface area contributed by atoms with Gasteiger partial charge in [-0.15, -0.1) is 0 Å². The van der Waals surface area contributed by atoms with Crippen molar-refractivity contribution < 1.29 is 9.90 Å². The lowest BCUT2D eigenvalue weighted by molar-refractivity contribution is -0.135. The summed E-state index contributed by atoms with van der Waals surface area (Å²) in [5.41, 5.74) is 0.631. The van der Waals surface area contributed by atoms with Crippen molar-refractivity contribution in [2.45, 2.75) is 19.3 Å². The molecule has 96 valence electrons. The van der Waals surface area contributed by atoms with Gasteiger partial charge < -0.3 is 10.0 Å². The average Bonchev–Trinajstić information content (AvgIpc) is 2.38. The summed E-state index contributed by atoms with van der Waals surface area (Å²) in [6.45, 7) is 3.89. The number of hydrogen-bond donors (Lipinski definition) is 1. The molecule has 0 radical (unpaired) electrons. The van der Waals surface area contributed by atoms with E-state index in [1.165, 1.54) is 4.90 Å². The Hall–Kier alpha value is -1.86. The van der Waals surface area contributed by atoms with Crippen LogP contribution in [0.5, 0.6) is 0 Å². The van der Waals surface area contributed by atoms with E-state index in [0.29, 0.717) is 12.1 Å². The fourth-order valence-corrected chi connectivity index (χ4v) is 1.83. The molecule has 0 aliphatic carbocycles. The molecule has 1 rings (SSSR count). The number of amides is 1. The number of likely N-dealkylation sites (N-methyl/N-ethyl adjacent to an activating group) is 1. The normalized spacial score (nSPS) is 10.8. The first-order chi connectivity index (χ1) is 8.43. The van der Waals surface area contributed by atoms with Gasteiger partial charge in [-0.1, -0.05) is 12.1 Å². The number of carbonyl (C=O) groups excluding carboxylic acids is 1. The highest BCUT2D eigenvalue weighted by atomic mass is 16.3. The topological polar surface area (TPSA) is 64.3 Å². The Labute approximate surface area is 107 Å². The fourth-order valence-electron chi connectivity index (χ4n) is 1.83. The molecule has 0 aliphatic rings. The maximum atomic E-state index is 12.3. The second kappa shape index (κ2) is 5.65. The van der Waals surface area contributed by atoms with E-state index in [0.717, 1.165) is 5.56 Å². The van der Waals surface area contributed by atoms with Crippen molar-refractivity contribution in [3.8, 4) is 6.07 Å². The number of carbonyl (C=O) groups is 1. The zero-order valence-corrected chi connectivity index (χ0v) is 11.0. The summed E-state index contributed by atoms with van der Waals surface area (Å²) < 4.78 is 0. The molecule has 18 heavy (non-hydrogen) atoms.